The van der Waals surface area contributed by atoms with E-state index in [2.05, 4.69) is 10.3 Å². The van der Waals surface area contributed by atoms with Crippen LogP contribution >= 0.6 is 0 Å². The van der Waals surface area contributed by atoms with Gasteiger partial charge < -0.3 is 5.32 Å². The highest BCUT2D eigenvalue weighted by Crippen LogP contribution is 2.52. The van der Waals surface area contributed by atoms with Crippen LogP contribution in [0.3, 0.4) is 0 Å². The summed E-state index contributed by atoms with van der Waals surface area (Å²) in [6, 6.07) is 11.0. The molecule has 2 aromatic rings. The van der Waals surface area contributed by atoms with Gasteiger partial charge in [-0.05, 0) is 48.1 Å². The van der Waals surface area contributed by atoms with Crippen LogP contribution in [0.4, 0.5) is 4.39 Å². The number of hydrogen-bond donors (Lipinski definition) is 1. The Morgan fingerprint density at radius 1 is 1.21 bits per heavy atom. The van der Waals surface area contributed by atoms with Crippen molar-refractivity contribution in [1.82, 2.24) is 14.6 Å². The van der Waals surface area contributed by atoms with Crippen molar-refractivity contribution in [3.05, 3.63) is 65.7 Å². The van der Waals surface area contributed by atoms with Gasteiger partial charge in [0.2, 0.25) is 15.9 Å². The lowest BCUT2D eigenvalue weighted by atomic mass is 9.62. The summed E-state index contributed by atoms with van der Waals surface area (Å²) in [6.07, 6.45) is 4.40. The summed E-state index contributed by atoms with van der Waals surface area (Å²) >= 11 is 0. The van der Waals surface area contributed by atoms with Gasteiger partial charge >= 0.3 is 0 Å². The molecule has 1 saturated heterocycles. The van der Waals surface area contributed by atoms with Crippen LogP contribution in [0.1, 0.15) is 30.5 Å². The van der Waals surface area contributed by atoms with Crippen molar-refractivity contribution < 1.29 is 17.6 Å². The van der Waals surface area contributed by atoms with Gasteiger partial charge in [-0.1, -0.05) is 24.6 Å². The molecule has 0 radical (unpaired) electrons. The van der Waals surface area contributed by atoms with E-state index in [-0.39, 0.29) is 29.5 Å². The predicted octanol–water partition coefficient (Wildman–Crippen LogP) is 2.47. The highest BCUT2D eigenvalue weighted by molar-refractivity contribution is 7.88. The molecule has 0 bridgehead atoms. The number of rotatable bonds is 6. The van der Waals surface area contributed by atoms with Gasteiger partial charge in [-0.2, -0.15) is 0 Å². The molecular formula is C21H24FN3O3S. The standard InChI is InChI=1S/C21H24FN3O3S/c22-17-7-5-16(6-8-17)14-29(27,28)25-13-19(21(15-25)9-3-10-21)20(26)24-12-18-4-1-2-11-23-18/h1-2,4-8,11,19H,3,9-10,12-15H2,(H,24,26). The Morgan fingerprint density at radius 2 is 1.97 bits per heavy atom. The number of hydrogen-bond acceptors (Lipinski definition) is 4. The fourth-order valence-corrected chi connectivity index (χ4v) is 5.95. The van der Waals surface area contributed by atoms with Crippen LogP contribution in [0, 0.1) is 17.2 Å². The Balaban J connectivity index is 1.45. The first-order valence-electron chi connectivity index (χ1n) is 9.78. The van der Waals surface area contributed by atoms with Gasteiger partial charge in [0.15, 0.2) is 0 Å². The number of aromatic nitrogens is 1. The number of carbonyl (C=O) groups excluding carboxylic acids is 1. The molecule has 29 heavy (non-hydrogen) atoms. The Labute approximate surface area is 170 Å². The van der Waals surface area contributed by atoms with Crippen LogP contribution in [0.25, 0.3) is 0 Å². The number of amides is 1. The first kappa shape index (κ1) is 20.0. The van der Waals surface area contributed by atoms with Crippen LogP contribution < -0.4 is 5.32 Å². The van der Waals surface area contributed by atoms with E-state index in [1.54, 1.807) is 6.20 Å². The number of nitrogens with one attached hydrogen (secondary N) is 1. The van der Waals surface area contributed by atoms with Crippen LogP contribution in [-0.2, 0) is 27.1 Å². The third kappa shape index (κ3) is 4.18. The Kier molecular flexibility index (Phi) is 5.40. The van der Waals surface area contributed by atoms with Crippen LogP contribution in [0.15, 0.2) is 48.7 Å². The smallest absolute Gasteiger partial charge is 0.225 e. The largest absolute Gasteiger partial charge is 0.350 e. The predicted molar refractivity (Wildman–Crippen MR) is 106 cm³/mol. The lowest BCUT2D eigenvalue weighted by Crippen LogP contribution is -2.45. The van der Waals surface area contributed by atoms with Crippen molar-refractivity contribution in [2.75, 3.05) is 13.1 Å². The molecule has 2 aliphatic rings. The molecule has 4 rings (SSSR count). The second-order valence-electron chi connectivity index (χ2n) is 7.98. The number of sulfonamides is 1. The number of halogens is 1. The first-order chi connectivity index (χ1) is 13.9. The molecular weight excluding hydrogens is 393 g/mol. The molecule has 2 fully saturated rings. The minimum Gasteiger partial charge on any atom is -0.350 e. The molecule has 1 aromatic carbocycles. The van der Waals surface area contributed by atoms with Gasteiger partial charge in [0, 0.05) is 19.3 Å². The Morgan fingerprint density at radius 3 is 2.59 bits per heavy atom. The summed E-state index contributed by atoms with van der Waals surface area (Å²) in [4.78, 5) is 17.1. The van der Waals surface area contributed by atoms with Crippen molar-refractivity contribution >= 4 is 15.9 Å². The average Bonchev–Trinajstić information content (AvgIpc) is 3.11. The molecule has 1 amide bonds. The fourth-order valence-electron chi connectivity index (χ4n) is 4.32. The molecule has 1 aliphatic heterocycles. The summed E-state index contributed by atoms with van der Waals surface area (Å²) in [5.74, 6) is -1.06. The Hall–Kier alpha value is -2.32. The molecule has 1 N–H and O–H groups in total. The minimum absolute atomic E-state index is 0.116. The van der Waals surface area contributed by atoms with E-state index in [4.69, 9.17) is 0 Å². The van der Waals surface area contributed by atoms with E-state index in [1.807, 2.05) is 18.2 Å². The number of pyridine rings is 1. The molecule has 1 unspecified atom stereocenters. The summed E-state index contributed by atoms with van der Waals surface area (Å²) in [5.41, 5.74) is 1.03. The van der Waals surface area contributed by atoms with E-state index >= 15 is 0 Å². The van der Waals surface area contributed by atoms with Crippen molar-refractivity contribution in [3.8, 4) is 0 Å². The molecule has 1 spiro atoms. The molecule has 2 heterocycles. The van der Waals surface area contributed by atoms with Crippen molar-refractivity contribution in [3.63, 3.8) is 0 Å². The highest BCUT2D eigenvalue weighted by atomic mass is 32.2. The van der Waals surface area contributed by atoms with E-state index in [9.17, 15) is 17.6 Å². The van der Waals surface area contributed by atoms with Crippen molar-refractivity contribution in [2.45, 2.75) is 31.6 Å². The summed E-state index contributed by atoms with van der Waals surface area (Å²) in [7, 11) is -3.59. The van der Waals surface area contributed by atoms with E-state index in [1.165, 1.54) is 28.6 Å². The maximum Gasteiger partial charge on any atom is 0.225 e. The zero-order chi connectivity index (χ0) is 20.5. The van der Waals surface area contributed by atoms with Gasteiger partial charge in [0.05, 0.1) is 23.9 Å². The first-order valence-corrected chi connectivity index (χ1v) is 11.4. The normalized spacial score (nSPS) is 21.1. The summed E-state index contributed by atoms with van der Waals surface area (Å²) in [5, 5.41) is 2.93. The van der Waals surface area contributed by atoms with E-state index in [0.717, 1.165) is 25.0 Å². The van der Waals surface area contributed by atoms with Crippen LogP contribution in [0.5, 0.6) is 0 Å². The fraction of sp³-hybridized carbons (Fsp3) is 0.429. The molecule has 1 aromatic heterocycles. The average molecular weight is 418 g/mol. The van der Waals surface area contributed by atoms with Crippen molar-refractivity contribution in [1.29, 1.82) is 0 Å². The SMILES string of the molecule is O=C(NCc1ccccn1)C1CN(S(=O)(=O)Cc2ccc(F)cc2)CC12CCC2. The third-order valence-corrected chi connectivity index (χ3v) is 7.87. The van der Waals surface area contributed by atoms with E-state index in [0.29, 0.717) is 18.7 Å². The third-order valence-electron chi connectivity index (χ3n) is 6.11. The minimum atomic E-state index is -3.59. The highest BCUT2D eigenvalue weighted by Gasteiger charge is 2.55. The van der Waals surface area contributed by atoms with Gasteiger partial charge in [0.25, 0.3) is 0 Å². The lowest BCUT2D eigenvalue weighted by molar-refractivity contribution is -0.129. The van der Waals surface area contributed by atoms with Crippen LogP contribution in [0.2, 0.25) is 0 Å². The molecule has 1 atom stereocenters. The zero-order valence-corrected chi connectivity index (χ0v) is 16.9. The Bertz CT molecular complexity index is 976. The van der Waals surface area contributed by atoms with Gasteiger partial charge in [-0.25, -0.2) is 17.1 Å². The monoisotopic (exact) mass is 417 g/mol. The van der Waals surface area contributed by atoms with Crippen molar-refractivity contribution in [2.24, 2.45) is 11.3 Å². The van der Waals surface area contributed by atoms with Gasteiger partial charge in [-0.3, -0.25) is 9.78 Å². The zero-order valence-electron chi connectivity index (χ0n) is 16.1. The second kappa shape index (κ2) is 7.84. The maximum absolute atomic E-state index is 13.1. The second-order valence-corrected chi connectivity index (χ2v) is 9.95. The lowest BCUT2D eigenvalue weighted by Gasteiger charge is -2.42. The van der Waals surface area contributed by atoms with Gasteiger partial charge in [-0.15, -0.1) is 0 Å². The molecule has 8 heteroatoms. The number of carbonyl (C=O) groups is 1. The molecule has 1 aliphatic carbocycles. The summed E-state index contributed by atoms with van der Waals surface area (Å²) in [6.45, 7) is 0.893. The van der Waals surface area contributed by atoms with E-state index < -0.39 is 15.8 Å². The molecule has 154 valence electrons. The summed E-state index contributed by atoms with van der Waals surface area (Å²) < 4.78 is 40.5. The topological polar surface area (TPSA) is 79.4 Å². The molecule has 1 saturated carbocycles. The quantitative estimate of drug-likeness (QED) is 0.783. The number of nitrogens with zero attached hydrogens (tertiary/aromatic N) is 2. The van der Waals surface area contributed by atoms with Gasteiger partial charge in [0.1, 0.15) is 5.82 Å². The number of benzene rings is 1. The van der Waals surface area contributed by atoms with Crippen LogP contribution in [-0.4, -0.2) is 36.7 Å². The molecule has 6 nitrogen and oxygen atoms in total. The maximum atomic E-state index is 13.1.